The molecule has 1 N–H and O–H groups in total. The molecule has 0 aliphatic heterocycles. The lowest BCUT2D eigenvalue weighted by Crippen LogP contribution is -1.91. The molecule has 0 unspecified atom stereocenters. The van der Waals surface area contributed by atoms with Gasteiger partial charge in [-0.2, -0.15) is 0 Å². The topological polar surface area (TPSA) is 37.3 Å². The summed E-state index contributed by atoms with van der Waals surface area (Å²) in [6.45, 7) is 2.04. The van der Waals surface area contributed by atoms with Crippen LogP contribution in [0.25, 0.3) is 0 Å². The summed E-state index contributed by atoms with van der Waals surface area (Å²) in [6.07, 6.45) is 2.46. The first-order chi connectivity index (χ1) is 6.19. The van der Waals surface area contributed by atoms with Crippen molar-refractivity contribution in [3.05, 3.63) is 26.8 Å². The second kappa shape index (κ2) is 4.60. The number of aromatic hydroxyl groups is 1. The van der Waals surface area contributed by atoms with Crippen LogP contribution in [0.2, 0.25) is 0 Å². The Balaban J connectivity index is 3.18. The van der Waals surface area contributed by atoms with Crippen LogP contribution in [0, 0.1) is 3.57 Å². The molecule has 0 saturated heterocycles. The molecule has 2 nitrogen and oxygen atoms in total. The highest BCUT2D eigenvalue weighted by Crippen LogP contribution is 2.25. The van der Waals surface area contributed by atoms with Crippen molar-refractivity contribution in [3.63, 3.8) is 0 Å². The number of hydrogen-bond acceptors (Lipinski definition) is 2. The van der Waals surface area contributed by atoms with Crippen molar-refractivity contribution in [3.8, 4) is 5.75 Å². The maximum absolute atomic E-state index is 10.6. The number of hydrogen-bond donors (Lipinski definition) is 1. The van der Waals surface area contributed by atoms with Gasteiger partial charge in [0.15, 0.2) is 6.29 Å². The third-order valence-corrected chi connectivity index (χ3v) is 2.45. The van der Waals surface area contributed by atoms with Crippen LogP contribution in [0.4, 0.5) is 0 Å². The zero-order valence-electron chi connectivity index (χ0n) is 7.38. The van der Waals surface area contributed by atoms with Gasteiger partial charge in [0.25, 0.3) is 0 Å². The molecule has 3 heteroatoms. The van der Waals surface area contributed by atoms with E-state index in [0.717, 1.165) is 22.0 Å². The molecular weight excluding hydrogens is 279 g/mol. The van der Waals surface area contributed by atoms with Crippen molar-refractivity contribution >= 4 is 28.9 Å². The second-order valence-electron chi connectivity index (χ2n) is 2.87. The van der Waals surface area contributed by atoms with Crippen LogP contribution in [-0.2, 0) is 6.42 Å². The van der Waals surface area contributed by atoms with Crippen LogP contribution >= 0.6 is 22.6 Å². The van der Waals surface area contributed by atoms with Gasteiger partial charge >= 0.3 is 0 Å². The van der Waals surface area contributed by atoms with E-state index in [1.54, 1.807) is 6.07 Å². The van der Waals surface area contributed by atoms with E-state index in [9.17, 15) is 9.90 Å². The summed E-state index contributed by atoms with van der Waals surface area (Å²) in [4.78, 5) is 10.6. The number of carbonyl (C=O) groups excluding carboxylic acids is 1. The fraction of sp³-hybridized carbons (Fsp3) is 0.300. The number of carbonyl (C=O) groups is 1. The molecule has 0 atom stereocenters. The van der Waals surface area contributed by atoms with Gasteiger partial charge in [0.05, 0.1) is 5.56 Å². The number of rotatable bonds is 3. The molecule has 0 saturated carbocycles. The standard InChI is InChI=1S/C10H11IO2/c1-2-3-7-4-9(11)5-8(6-12)10(7)13/h4-6,13H,2-3H2,1H3. The fourth-order valence-electron chi connectivity index (χ4n) is 1.23. The lowest BCUT2D eigenvalue weighted by atomic mass is 10.1. The van der Waals surface area contributed by atoms with Gasteiger partial charge in [0, 0.05) is 3.57 Å². The lowest BCUT2D eigenvalue weighted by Gasteiger charge is -2.05. The number of aldehydes is 1. The molecule has 1 aromatic rings. The Kier molecular flexibility index (Phi) is 3.71. The van der Waals surface area contributed by atoms with Crippen molar-refractivity contribution < 1.29 is 9.90 Å². The number of phenols is 1. The van der Waals surface area contributed by atoms with Crippen molar-refractivity contribution in [2.24, 2.45) is 0 Å². The average Bonchev–Trinajstić information content (AvgIpc) is 2.11. The van der Waals surface area contributed by atoms with E-state index < -0.39 is 0 Å². The zero-order valence-corrected chi connectivity index (χ0v) is 9.54. The molecule has 0 heterocycles. The maximum atomic E-state index is 10.6. The summed E-state index contributed by atoms with van der Waals surface area (Å²) < 4.78 is 0.987. The van der Waals surface area contributed by atoms with E-state index in [1.807, 2.05) is 13.0 Å². The summed E-state index contributed by atoms with van der Waals surface area (Å²) in [6, 6.07) is 3.59. The summed E-state index contributed by atoms with van der Waals surface area (Å²) >= 11 is 2.14. The summed E-state index contributed by atoms with van der Waals surface area (Å²) in [7, 11) is 0. The third-order valence-electron chi connectivity index (χ3n) is 1.83. The van der Waals surface area contributed by atoms with Crippen LogP contribution < -0.4 is 0 Å². The Labute approximate surface area is 91.1 Å². The van der Waals surface area contributed by atoms with Crippen molar-refractivity contribution in [1.82, 2.24) is 0 Å². The van der Waals surface area contributed by atoms with Crippen molar-refractivity contribution in [2.75, 3.05) is 0 Å². The first kappa shape index (κ1) is 10.5. The molecule has 70 valence electrons. The Morgan fingerprint density at radius 1 is 1.54 bits per heavy atom. The fourth-order valence-corrected chi connectivity index (χ4v) is 1.94. The minimum atomic E-state index is 0.136. The number of halogens is 1. The summed E-state index contributed by atoms with van der Waals surface area (Å²) in [5.74, 6) is 0.136. The van der Waals surface area contributed by atoms with Crippen LogP contribution in [-0.4, -0.2) is 11.4 Å². The van der Waals surface area contributed by atoms with Crippen molar-refractivity contribution in [2.45, 2.75) is 19.8 Å². The number of benzene rings is 1. The van der Waals surface area contributed by atoms with Crippen LogP contribution in [0.5, 0.6) is 5.75 Å². The Morgan fingerprint density at radius 2 is 2.23 bits per heavy atom. The smallest absolute Gasteiger partial charge is 0.153 e. The van der Waals surface area contributed by atoms with E-state index in [1.165, 1.54) is 0 Å². The highest BCUT2D eigenvalue weighted by molar-refractivity contribution is 14.1. The van der Waals surface area contributed by atoms with E-state index in [4.69, 9.17) is 0 Å². The molecule has 0 amide bonds. The first-order valence-corrected chi connectivity index (χ1v) is 5.23. The van der Waals surface area contributed by atoms with Gasteiger partial charge in [0.1, 0.15) is 5.75 Å². The van der Waals surface area contributed by atoms with Gasteiger partial charge in [-0.3, -0.25) is 4.79 Å². The van der Waals surface area contributed by atoms with Gasteiger partial charge in [-0.05, 0) is 46.7 Å². The van der Waals surface area contributed by atoms with E-state index in [2.05, 4.69) is 22.6 Å². The summed E-state index contributed by atoms with van der Waals surface area (Å²) in [5.41, 5.74) is 1.24. The SMILES string of the molecule is CCCc1cc(I)cc(C=O)c1O. The Hall–Kier alpha value is -0.580. The molecule has 0 aliphatic rings. The molecule has 1 rings (SSSR count). The molecule has 0 aliphatic carbocycles. The van der Waals surface area contributed by atoms with Gasteiger partial charge in [-0.1, -0.05) is 13.3 Å². The predicted octanol–water partition coefficient (Wildman–Crippen LogP) is 2.76. The molecule has 0 spiro atoms. The molecule has 0 aromatic heterocycles. The quantitative estimate of drug-likeness (QED) is 0.686. The van der Waals surface area contributed by atoms with Crippen LogP contribution in [0.1, 0.15) is 29.3 Å². The van der Waals surface area contributed by atoms with E-state index in [-0.39, 0.29) is 5.75 Å². The highest BCUT2D eigenvalue weighted by Gasteiger charge is 2.07. The lowest BCUT2D eigenvalue weighted by molar-refractivity contribution is 0.112. The highest BCUT2D eigenvalue weighted by atomic mass is 127. The Morgan fingerprint density at radius 3 is 2.77 bits per heavy atom. The van der Waals surface area contributed by atoms with Crippen molar-refractivity contribution in [1.29, 1.82) is 0 Å². The van der Waals surface area contributed by atoms with Gasteiger partial charge < -0.3 is 5.11 Å². The summed E-state index contributed by atoms with van der Waals surface area (Å²) in [5, 5.41) is 9.61. The zero-order chi connectivity index (χ0) is 9.84. The minimum absolute atomic E-state index is 0.136. The molecular formula is C10H11IO2. The molecule has 13 heavy (non-hydrogen) atoms. The van der Waals surface area contributed by atoms with Crippen LogP contribution in [0.15, 0.2) is 12.1 Å². The molecule has 0 radical (unpaired) electrons. The monoisotopic (exact) mass is 290 g/mol. The predicted molar refractivity (Wildman–Crippen MR) is 60.2 cm³/mol. The van der Waals surface area contributed by atoms with Gasteiger partial charge in [-0.25, -0.2) is 0 Å². The van der Waals surface area contributed by atoms with E-state index in [0.29, 0.717) is 11.8 Å². The van der Waals surface area contributed by atoms with E-state index >= 15 is 0 Å². The van der Waals surface area contributed by atoms with Gasteiger partial charge in [-0.15, -0.1) is 0 Å². The number of phenolic OH excluding ortho intramolecular Hbond substituents is 1. The normalized spacial score (nSPS) is 10.0. The second-order valence-corrected chi connectivity index (χ2v) is 4.12. The first-order valence-electron chi connectivity index (χ1n) is 4.15. The Bertz CT molecular complexity index is 321. The number of aryl methyl sites for hydroxylation is 1. The third kappa shape index (κ3) is 2.43. The molecule has 0 fully saturated rings. The molecule has 1 aromatic carbocycles. The van der Waals surface area contributed by atoms with Gasteiger partial charge in [0.2, 0.25) is 0 Å². The minimum Gasteiger partial charge on any atom is -0.507 e. The average molecular weight is 290 g/mol. The maximum Gasteiger partial charge on any atom is 0.153 e. The largest absolute Gasteiger partial charge is 0.507 e. The van der Waals surface area contributed by atoms with Crippen LogP contribution in [0.3, 0.4) is 0 Å². The molecule has 0 bridgehead atoms.